The number of benzene rings is 1. The molecule has 0 saturated carbocycles. The minimum Gasteiger partial charge on any atom is -0.494 e. The Hall–Kier alpha value is -2.55. The lowest BCUT2D eigenvalue weighted by Gasteiger charge is -2.46. The molecule has 0 amide bonds. The summed E-state index contributed by atoms with van der Waals surface area (Å²) < 4.78 is 36.2. The fourth-order valence-electron chi connectivity index (χ4n) is 4.14. The Kier molecular flexibility index (Phi) is 5.15. The second-order valence-corrected chi connectivity index (χ2v) is 9.85. The van der Waals surface area contributed by atoms with Gasteiger partial charge in [-0.2, -0.15) is 0 Å². The molecule has 1 aliphatic heterocycles. The molecule has 2 heterocycles. The molecule has 0 aliphatic carbocycles. The topological polar surface area (TPSA) is 90.6 Å². The van der Waals surface area contributed by atoms with Crippen molar-refractivity contribution >= 4 is 15.7 Å². The van der Waals surface area contributed by atoms with Crippen molar-refractivity contribution in [1.82, 2.24) is 9.13 Å². The Labute approximate surface area is 170 Å². The largest absolute Gasteiger partial charge is 0.494 e. The molecule has 1 atom stereocenters. The molecular formula is C20H27N3O5S. The summed E-state index contributed by atoms with van der Waals surface area (Å²) in [5.74, 6) is 0.781. The number of anilines is 1. The number of aryl methyl sites for hydroxylation is 1. The first-order valence-electron chi connectivity index (χ1n) is 9.50. The van der Waals surface area contributed by atoms with Crippen molar-refractivity contribution in [3.63, 3.8) is 0 Å². The van der Waals surface area contributed by atoms with Crippen LogP contribution in [0.1, 0.15) is 45.6 Å². The highest BCUT2D eigenvalue weighted by Gasteiger charge is 2.45. The van der Waals surface area contributed by atoms with E-state index in [-0.39, 0.29) is 5.92 Å². The van der Waals surface area contributed by atoms with Gasteiger partial charge in [0, 0.05) is 20.3 Å². The van der Waals surface area contributed by atoms with E-state index in [0.29, 0.717) is 24.5 Å². The first-order chi connectivity index (χ1) is 13.4. The van der Waals surface area contributed by atoms with Gasteiger partial charge in [-0.05, 0) is 56.9 Å². The zero-order valence-electron chi connectivity index (χ0n) is 17.6. The number of ether oxygens (including phenoxy) is 1. The highest BCUT2D eigenvalue weighted by Crippen LogP contribution is 2.46. The molecule has 9 heteroatoms. The van der Waals surface area contributed by atoms with Crippen LogP contribution in [0, 0.1) is 0 Å². The van der Waals surface area contributed by atoms with Crippen molar-refractivity contribution in [2.45, 2.75) is 50.5 Å². The smallest absolute Gasteiger partial charge is 0.330 e. The van der Waals surface area contributed by atoms with Crippen molar-refractivity contribution in [3.05, 3.63) is 50.8 Å². The summed E-state index contributed by atoms with van der Waals surface area (Å²) in [6, 6.07) is 5.32. The Morgan fingerprint density at radius 2 is 1.86 bits per heavy atom. The van der Waals surface area contributed by atoms with Gasteiger partial charge in [0.25, 0.3) is 15.6 Å². The maximum atomic E-state index is 13.7. The van der Waals surface area contributed by atoms with Gasteiger partial charge in [0.15, 0.2) is 4.90 Å². The number of aromatic nitrogens is 2. The standard InChI is InChI=1S/C20H27N3O5S/c1-7-28-14-8-9-16-15(10-14)13(2)11-20(3,4)23(16)29(26,27)17-12-21(5)19(25)22(6)18(17)24/h8-10,12-13H,7,11H2,1-6H3/t13-/m0/s1. The number of sulfonamides is 1. The second-order valence-electron chi connectivity index (χ2n) is 8.09. The average Bonchev–Trinajstić information content (AvgIpc) is 2.62. The van der Waals surface area contributed by atoms with Crippen molar-refractivity contribution in [3.8, 4) is 5.75 Å². The van der Waals surface area contributed by atoms with E-state index in [0.717, 1.165) is 20.9 Å². The molecule has 0 N–H and O–H groups in total. The molecule has 0 spiro atoms. The third-order valence-electron chi connectivity index (χ3n) is 5.35. The predicted octanol–water partition coefficient (Wildman–Crippen LogP) is 1.96. The molecule has 0 unspecified atom stereocenters. The first kappa shape index (κ1) is 21.2. The Bertz CT molecular complexity index is 1180. The minimum atomic E-state index is -4.22. The fraction of sp³-hybridized carbons (Fsp3) is 0.500. The summed E-state index contributed by atoms with van der Waals surface area (Å²) in [5, 5.41) is 0. The Balaban J connectivity index is 2.28. The number of hydrogen-bond donors (Lipinski definition) is 0. The summed E-state index contributed by atoms with van der Waals surface area (Å²) in [7, 11) is -1.53. The second kappa shape index (κ2) is 7.05. The predicted molar refractivity (Wildman–Crippen MR) is 111 cm³/mol. The molecule has 2 aromatic rings. The number of fused-ring (bicyclic) bond motifs is 1. The highest BCUT2D eigenvalue weighted by atomic mass is 32.2. The van der Waals surface area contributed by atoms with E-state index < -0.39 is 31.7 Å². The molecule has 0 saturated heterocycles. The summed E-state index contributed by atoms with van der Waals surface area (Å²) >= 11 is 0. The van der Waals surface area contributed by atoms with Gasteiger partial charge >= 0.3 is 5.69 Å². The van der Waals surface area contributed by atoms with Gasteiger partial charge in [0.2, 0.25) is 0 Å². The van der Waals surface area contributed by atoms with Crippen LogP contribution in [0.25, 0.3) is 0 Å². The van der Waals surface area contributed by atoms with Crippen LogP contribution in [0.4, 0.5) is 5.69 Å². The van der Waals surface area contributed by atoms with Gasteiger partial charge in [-0.1, -0.05) is 6.92 Å². The number of nitrogens with zero attached hydrogens (tertiary/aromatic N) is 3. The van der Waals surface area contributed by atoms with E-state index in [1.54, 1.807) is 12.1 Å². The Morgan fingerprint density at radius 1 is 1.21 bits per heavy atom. The van der Waals surface area contributed by atoms with E-state index >= 15 is 0 Å². The van der Waals surface area contributed by atoms with Gasteiger partial charge in [-0.3, -0.25) is 13.7 Å². The lowest BCUT2D eigenvalue weighted by atomic mass is 9.82. The van der Waals surface area contributed by atoms with Gasteiger partial charge < -0.3 is 9.30 Å². The highest BCUT2D eigenvalue weighted by molar-refractivity contribution is 7.92. The molecule has 1 aromatic carbocycles. The van der Waals surface area contributed by atoms with E-state index in [1.165, 1.54) is 18.4 Å². The third kappa shape index (κ3) is 3.37. The van der Waals surface area contributed by atoms with Gasteiger partial charge in [-0.25, -0.2) is 13.2 Å². The van der Waals surface area contributed by atoms with Crippen LogP contribution in [0.3, 0.4) is 0 Å². The van der Waals surface area contributed by atoms with E-state index in [1.807, 2.05) is 33.8 Å². The first-order valence-corrected chi connectivity index (χ1v) is 10.9. The lowest BCUT2D eigenvalue weighted by molar-refractivity contribution is 0.338. The van der Waals surface area contributed by atoms with Crippen molar-refractivity contribution in [1.29, 1.82) is 0 Å². The molecule has 8 nitrogen and oxygen atoms in total. The van der Waals surface area contributed by atoms with Crippen molar-refractivity contribution in [2.75, 3.05) is 10.9 Å². The van der Waals surface area contributed by atoms with E-state index in [4.69, 9.17) is 4.74 Å². The lowest BCUT2D eigenvalue weighted by Crippen LogP contribution is -2.53. The zero-order chi connectivity index (χ0) is 21.7. The molecule has 29 heavy (non-hydrogen) atoms. The maximum Gasteiger partial charge on any atom is 0.330 e. The van der Waals surface area contributed by atoms with Gasteiger partial charge in [0.1, 0.15) is 5.75 Å². The summed E-state index contributed by atoms with van der Waals surface area (Å²) in [4.78, 5) is 24.3. The van der Waals surface area contributed by atoms with Crippen LogP contribution in [-0.2, 0) is 24.1 Å². The zero-order valence-corrected chi connectivity index (χ0v) is 18.4. The van der Waals surface area contributed by atoms with Crippen molar-refractivity contribution < 1.29 is 13.2 Å². The third-order valence-corrected chi connectivity index (χ3v) is 7.36. The molecule has 0 fully saturated rings. The molecule has 0 radical (unpaired) electrons. The normalized spacial score (nSPS) is 18.4. The van der Waals surface area contributed by atoms with Crippen LogP contribution in [0.15, 0.2) is 38.9 Å². The monoisotopic (exact) mass is 421 g/mol. The van der Waals surface area contributed by atoms with Gasteiger partial charge in [0.05, 0.1) is 17.8 Å². The molecule has 1 aliphatic rings. The van der Waals surface area contributed by atoms with E-state index in [2.05, 4.69) is 0 Å². The van der Waals surface area contributed by atoms with Crippen molar-refractivity contribution in [2.24, 2.45) is 14.1 Å². The Morgan fingerprint density at radius 3 is 2.48 bits per heavy atom. The quantitative estimate of drug-likeness (QED) is 0.753. The maximum absolute atomic E-state index is 13.7. The fourth-order valence-corrected chi connectivity index (χ4v) is 6.14. The van der Waals surface area contributed by atoms with Crippen LogP contribution >= 0.6 is 0 Å². The van der Waals surface area contributed by atoms with Crippen LogP contribution < -0.4 is 20.3 Å². The molecular weight excluding hydrogens is 394 g/mol. The SMILES string of the molecule is CCOc1ccc2c(c1)[C@@H](C)CC(C)(C)N2S(=O)(=O)c1cn(C)c(=O)n(C)c1=O. The minimum absolute atomic E-state index is 0.106. The molecule has 158 valence electrons. The summed E-state index contributed by atoms with van der Waals surface area (Å²) in [6.07, 6.45) is 1.67. The van der Waals surface area contributed by atoms with Crippen LogP contribution in [0.5, 0.6) is 5.75 Å². The molecule has 1 aromatic heterocycles. The van der Waals surface area contributed by atoms with Crippen LogP contribution in [-0.4, -0.2) is 29.7 Å². The summed E-state index contributed by atoms with van der Waals surface area (Å²) in [6.45, 7) is 8.12. The average molecular weight is 422 g/mol. The van der Waals surface area contributed by atoms with Crippen LogP contribution in [0.2, 0.25) is 0 Å². The van der Waals surface area contributed by atoms with Gasteiger partial charge in [-0.15, -0.1) is 0 Å². The molecule has 3 rings (SSSR count). The van der Waals surface area contributed by atoms with E-state index in [9.17, 15) is 18.0 Å². The summed E-state index contributed by atoms with van der Waals surface area (Å²) in [5.41, 5.74) is -0.816. The molecule has 0 bridgehead atoms. The number of hydrogen-bond acceptors (Lipinski definition) is 5. The number of rotatable bonds is 4.